The van der Waals surface area contributed by atoms with Crippen molar-refractivity contribution in [2.75, 3.05) is 21.2 Å². The number of hydrogen-bond acceptors (Lipinski definition) is 4. The second kappa shape index (κ2) is 5.67. The number of benzene rings is 1. The van der Waals surface area contributed by atoms with Gasteiger partial charge in [0.25, 0.3) is 5.91 Å². The van der Waals surface area contributed by atoms with E-state index in [0.29, 0.717) is 17.5 Å². The largest absolute Gasteiger partial charge is 0.493 e. The number of carbonyl (C=O) groups is 2. The van der Waals surface area contributed by atoms with Crippen molar-refractivity contribution in [2.45, 2.75) is 26.8 Å². The van der Waals surface area contributed by atoms with Crippen molar-refractivity contribution in [1.82, 2.24) is 14.4 Å². The summed E-state index contributed by atoms with van der Waals surface area (Å²) >= 11 is 0. The van der Waals surface area contributed by atoms with Crippen molar-refractivity contribution in [3.05, 3.63) is 35.2 Å². The van der Waals surface area contributed by atoms with Crippen LogP contribution >= 0.6 is 0 Å². The number of nitrogens with zero attached hydrogens (tertiary/aromatic N) is 5. The first-order chi connectivity index (χ1) is 12.8. The molecular weight excluding hydrogens is 346 g/mol. The number of aliphatic imine (C=N–C) groups is 1. The normalized spacial score (nSPS) is 18.6. The van der Waals surface area contributed by atoms with Gasteiger partial charge in [-0.05, 0) is 38.5 Å². The SMILES string of the molecule is COc1ccc(C)cc1-n1c(C)c(C)[n+]2c1N=C1C2C(=O)N(C)C(=O)N1C. The standard InChI is InChI=1S/C19H22N5O3/c1-10-7-8-14(27-6)13(9-10)23-11(2)12(3)24-15-16(20-18(23)24)21(4)19(26)22(5)17(15)25/h7-9,15H,1-6H3/q+1. The fraction of sp³-hybridized carbons (Fsp3) is 0.368. The van der Waals surface area contributed by atoms with Crippen molar-refractivity contribution in [1.29, 1.82) is 0 Å². The van der Waals surface area contributed by atoms with E-state index in [9.17, 15) is 9.59 Å². The van der Waals surface area contributed by atoms with Crippen LogP contribution < -0.4 is 9.30 Å². The zero-order valence-electron chi connectivity index (χ0n) is 16.3. The molecule has 4 rings (SSSR count). The molecule has 1 saturated heterocycles. The molecule has 3 amide bonds. The molecule has 0 N–H and O–H groups in total. The van der Waals surface area contributed by atoms with Gasteiger partial charge in [-0.25, -0.2) is 9.36 Å². The number of carbonyl (C=O) groups excluding carboxylic acids is 2. The van der Waals surface area contributed by atoms with E-state index < -0.39 is 6.04 Å². The highest BCUT2D eigenvalue weighted by Gasteiger charge is 2.53. The first-order valence-corrected chi connectivity index (χ1v) is 8.70. The molecule has 8 heteroatoms. The first kappa shape index (κ1) is 17.3. The van der Waals surface area contributed by atoms with Crippen LogP contribution in [0.15, 0.2) is 23.2 Å². The predicted molar refractivity (Wildman–Crippen MR) is 98.8 cm³/mol. The fourth-order valence-electron chi connectivity index (χ4n) is 3.78. The lowest BCUT2D eigenvalue weighted by Gasteiger charge is -2.30. The van der Waals surface area contributed by atoms with E-state index in [0.717, 1.165) is 27.5 Å². The highest BCUT2D eigenvalue weighted by Crippen LogP contribution is 2.35. The van der Waals surface area contributed by atoms with Crippen molar-refractivity contribution in [3.63, 3.8) is 0 Å². The monoisotopic (exact) mass is 368 g/mol. The molecule has 0 saturated carbocycles. The first-order valence-electron chi connectivity index (χ1n) is 8.70. The van der Waals surface area contributed by atoms with Gasteiger partial charge in [-0.3, -0.25) is 14.6 Å². The molecular formula is C19H22N5O3+. The average Bonchev–Trinajstić information content (AvgIpc) is 3.14. The Balaban J connectivity index is 2.01. The van der Waals surface area contributed by atoms with E-state index in [4.69, 9.17) is 9.73 Å². The lowest BCUT2D eigenvalue weighted by Crippen LogP contribution is -2.62. The molecule has 2 aliphatic heterocycles. The Hall–Kier alpha value is -3.16. The number of imidazole rings is 1. The second-order valence-electron chi connectivity index (χ2n) is 6.96. The molecule has 0 bridgehead atoms. The van der Waals surface area contributed by atoms with Crippen molar-refractivity contribution >= 4 is 23.7 Å². The third-order valence-corrected chi connectivity index (χ3v) is 5.41. The summed E-state index contributed by atoms with van der Waals surface area (Å²) in [5, 5.41) is 0. The van der Waals surface area contributed by atoms with Crippen LogP contribution in [0.5, 0.6) is 5.75 Å². The quantitative estimate of drug-likeness (QED) is 0.759. The van der Waals surface area contributed by atoms with Crippen LogP contribution in [0.4, 0.5) is 10.7 Å². The van der Waals surface area contributed by atoms with Crippen LogP contribution in [0.3, 0.4) is 0 Å². The number of ether oxygens (including phenoxy) is 1. The molecule has 0 spiro atoms. The summed E-state index contributed by atoms with van der Waals surface area (Å²) in [4.78, 5) is 32.4. The van der Waals surface area contributed by atoms with Crippen LogP contribution in [0.2, 0.25) is 0 Å². The van der Waals surface area contributed by atoms with Crippen molar-refractivity contribution < 1.29 is 18.9 Å². The van der Waals surface area contributed by atoms with Crippen LogP contribution in [0.25, 0.3) is 5.69 Å². The molecule has 1 aromatic carbocycles. The van der Waals surface area contributed by atoms with Crippen molar-refractivity contribution in [2.24, 2.45) is 4.99 Å². The molecule has 2 aromatic rings. The molecule has 1 aromatic heterocycles. The second-order valence-corrected chi connectivity index (χ2v) is 6.96. The third kappa shape index (κ3) is 2.16. The topological polar surface area (TPSA) is 71.0 Å². The highest BCUT2D eigenvalue weighted by molar-refractivity contribution is 6.18. The summed E-state index contributed by atoms with van der Waals surface area (Å²) in [6.45, 7) is 5.96. The van der Waals surface area contributed by atoms with Crippen LogP contribution in [0.1, 0.15) is 23.0 Å². The molecule has 0 radical (unpaired) electrons. The molecule has 8 nitrogen and oxygen atoms in total. The van der Waals surface area contributed by atoms with Gasteiger partial charge in [-0.2, -0.15) is 4.57 Å². The fourth-order valence-corrected chi connectivity index (χ4v) is 3.78. The Bertz CT molecular complexity index is 1040. The van der Waals surface area contributed by atoms with Gasteiger partial charge in [-0.15, -0.1) is 0 Å². The summed E-state index contributed by atoms with van der Waals surface area (Å²) in [5.41, 5.74) is 3.82. The molecule has 1 fully saturated rings. The number of hydrogen-bond donors (Lipinski definition) is 0. The third-order valence-electron chi connectivity index (χ3n) is 5.41. The summed E-state index contributed by atoms with van der Waals surface area (Å²) in [7, 11) is 4.77. The van der Waals surface area contributed by atoms with Gasteiger partial charge in [0, 0.05) is 14.1 Å². The molecule has 3 heterocycles. The predicted octanol–water partition coefficient (Wildman–Crippen LogP) is 1.81. The molecule has 2 aliphatic rings. The summed E-state index contributed by atoms with van der Waals surface area (Å²) in [6, 6.07) is 4.91. The average molecular weight is 368 g/mol. The van der Waals surface area contributed by atoms with Crippen molar-refractivity contribution in [3.8, 4) is 11.4 Å². The smallest absolute Gasteiger partial charge is 0.407 e. The Morgan fingerprint density at radius 2 is 1.81 bits per heavy atom. The van der Waals surface area contributed by atoms with Crippen LogP contribution in [0, 0.1) is 20.8 Å². The molecule has 27 heavy (non-hydrogen) atoms. The number of methoxy groups -OCH3 is 1. The maximum absolute atomic E-state index is 12.9. The number of amides is 3. The molecule has 1 unspecified atom stereocenters. The summed E-state index contributed by atoms with van der Waals surface area (Å²) in [6.07, 6.45) is 0. The van der Waals surface area contributed by atoms with E-state index in [2.05, 4.69) is 0 Å². The van der Waals surface area contributed by atoms with E-state index in [-0.39, 0.29) is 11.9 Å². The van der Waals surface area contributed by atoms with Gasteiger partial charge in [0.2, 0.25) is 11.9 Å². The minimum atomic E-state index is -0.636. The number of amidine groups is 1. The van der Waals surface area contributed by atoms with Crippen LogP contribution in [-0.4, -0.2) is 53.3 Å². The Morgan fingerprint density at radius 1 is 1.11 bits per heavy atom. The van der Waals surface area contributed by atoms with E-state index in [1.54, 1.807) is 14.2 Å². The Morgan fingerprint density at radius 3 is 2.48 bits per heavy atom. The number of likely N-dealkylation sites (N-methyl/N-ethyl adjacent to an activating group) is 2. The van der Waals surface area contributed by atoms with Crippen LogP contribution in [-0.2, 0) is 4.79 Å². The Labute approximate surface area is 157 Å². The lowest BCUT2D eigenvalue weighted by molar-refractivity contribution is -0.682. The molecule has 1 atom stereocenters. The van der Waals surface area contributed by atoms with Gasteiger partial charge in [-0.1, -0.05) is 11.1 Å². The number of fused-ring (bicyclic) bond motifs is 3. The van der Waals surface area contributed by atoms with E-state index in [1.165, 1.54) is 11.9 Å². The lowest BCUT2D eigenvalue weighted by atomic mass is 10.1. The minimum absolute atomic E-state index is 0.281. The zero-order chi connectivity index (χ0) is 19.6. The Kier molecular flexibility index (Phi) is 3.62. The molecule has 0 aliphatic carbocycles. The van der Waals surface area contributed by atoms with Gasteiger partial charge in [0.1, 0.15) is 17.1 Å². The number of imide groups is 1. The molecule has 140 valence electrons. The van der Waals surface area contributed by atoms with Gasteiger partial charge in [0.15, 0.2) is 5.75 Å². The number of aromatic nitrogens is 2. The van der Waals surface area contributed by atoms with Gasteiger partial charge >= 0.3 is 12.0 Å². The maximum Gasteiger partial charge on any atom is 0.407 e. The van der Waals surface area contributed by atoms with E-state index >= 15 is 0 Å². The highest BCUT2D eigenvalue weighted by atomic mass is 16.5. The van der Waals surface area contributed by atoms with E-state index in [1.807, 2.05) is 48.1 Å². The minimum Gasteiger partial charge on any atom is -0.493 e. The number of urea groups is 1. The zero-order valence-corrected chi connectivity index (χ0v) is 16.3. The number of rotatable bonds is 2. The van der Waals surface area contributed by atoms with Gasteiger partial charge in [0.05, 0.1) is 7.11 Å². The summed E-state index contributed by atoms with van der Waals surface area (Å²) in [5.74, 6) is 1.49. The maximum atomic E-state index is 12.9. The summed E-state index contributed by atoms with van der Waals surface area (Å²) < 4.78 is 9.44. The number of aryl methyl sites for hydroxylation is 1. The van der Waals surface area contributed by atoms with Gasteiger partial charge < -0.3 is 4.74 Å².